The van der Waals surface area contributed by atoms with Crippen molar-refractivity contribution in [1.29, 1.82) is 0 Å². The average Bonchev–Trinajstić information content (AvgIpc) is 2.29. The first-order valence-electron chi connectivity index (χ1n) is 5.78. The van der Waals surface area contributed by atoms with Crippen molar-refractivity contribution in [3.63, 3.8) is 0 Å². The predicted octanol–water partition coefficient (Wildman–Crippen LogP) is 0.709. The van der Waals surface area contributed by atoms with E-state index >= 15 is 0 Å². The van der Waals surface area contributed by atoms with Crippen LogP contribution in [0.15, 0.2) is 0 Å². The summed E-state index contributed by atoms with van der Waals surface area (Å²) in [7, 11) is 2.11. The molecular formula is C10H17ClN6. The van der Waals surface area contributed by atoms with E-state index in [4.69, 9.17) is 11.6 Å². The molecule has 1 aliphatic heterocycles. The van der Waals surface area contributed by atoms with Crippen LogP contribution in [-0.4, -0.2) is 59.6 Å². The van der Waals surface area contributed by atoms with Crippen molar-refractivity contribution in [3.05, 3.63) is 5.28 Å². The van der Waals surface area contributed by atoms with Gasteiger partial charge in [-0.25, -0.2) is 0 Å². The maximum Gasteiger partial charge on any atom is 0.231 e. The Hall–Kier alpha value is -1.14. The molecule has 2 rings (SSSR count). The van der Waals surface area contributed by atoms with Crippen LogP contribution in [0, 0.1) is 0 Å². The highest BCUT2D eigenvalue weighted by Gasteiger charge is 2.17. The van der Waals surface area contributed by atoms with E-state index in [1.54, 1.807) is 0 Å². The van der Waals surface area contributed by atoms with Crippen LogP contribution in [0.1, 0.15) is 6.92 Å². The lowest BCUT2D eigenvalue weighted by atomic mass is 10.3. The second-order valence-electron chi connectivity index (χ2n) is 4.05. The van der Waals surface area contributed by atoms with Gasteiger partial charge in [-0.05, 0) is 25.6 Å². The van der Waals surface area contributed by atoms with Crippen LogP contribution in [0.4, 0.5) is 11.9 Å². The van der Waals surface area contributed by atoms with Gasteiger partial charge in [0.25, 0.3) is 0 Å². The van der Waals surface area contributed by atoms with Crippen LogP contribution >= 0.6 is 11.6 Å². The van der Waals surface area contributed by atoms with E-state index in [2.05, 4.69) is 37.1 Å². The molecule has 0 atom stereocenters. The van der Waals surface area contributed by atoms with Crippen molar-refractivity contribution in [3.8, 4) is 0 Å². The monoisotopic (exact) mass is 256 g/mol. The number of rotatable bonds is 3. The van der Waals surface area contributed by atoms with E-state index < -0.39 is 0 Å². The second kappa shape index (κ2) is 5.46. The predicted molar refractivity (Wildman–Crippen MR) is 68.7 cm³/mol. The molecule has 2 heterocycles. The van der Waals surface area contributed by atoms with E-state index in [1.807, 2.05) is 6.92 Å². The Morgan fingerprint density at radius 1 is 1.18 bits per heavy atom. The quantitative estimate of drug-likeness (QED) is 0.860. The molecule has 7 heteroatoms. The van der Waals surface area contributed by atoms with E-state index in [1.165, 1.54) is 0 Å². The summed E-state index contributed by atoms with van der Waals surface area (Å²) < 4.78 is 0. The van der Waals surface area contributed by atoms with E-state index in [-0.39, 0.29) is 5.28 Å². The summed E-state index contributed by atoms with van der Waals surface area (Å²) in [6.45, 7) is 6.63. The topological polar surface area (TPSA) is 57.2 Å². The van der Waals surface area contributed by atoms with Crippen molar-refractivity contribution in [2.45, 2.75) is 6.92 Å². The molecule has 0 aromatic carbocycles. The highest BCUT2D eigenvalue weighted by molar-refractivity contribution is 6.28. The fourth-order valence-electron chi connectivity index (χ4n) is 1.72. The Bertz CT molecular complexity index is 377. The zero-order valence-corrected chi connectivity index (χ0v) is 10.9. The SMILES string of the molecule is CCNc1nc(Cl)nc(N2CCN(C)CC2)n1. The zero-order chi connectivity index (χ0) is 12.3. The van der Waals surface area contributed by atoms with Gasteiger partial charge < -0.3 is 15.1 Å². The van der Waals surface area contributed by atoms with Crippen molar-refractivity contribution < 1.29 is 0 Å². The number of likely N-dealkylation sites (N-methyl/N-ethyl adjacent to an activating group) is 1. The summed E-state index contributed by atoms with van der Waals surface area (Å²) in [6, 6.07) is 0. The average molecular weight is 257 g/mol. The molecular weight excluding hydrogens is 240 g/mol. The molecule has 0 bridgehead atoms. The molecule has 0 spiro atoms. The standard InChI is InChI=1S/C10H17ClN6/c1-3-12-9-13-8(11)14-10(15-9)17-6-4-16(2)5-7-17/h3-7H2,1-2H3,(H,12,13,14,15). The Morgan fingerprint density at radius 3 is 2.53 bits per heavy atom. The van der Waals surface area contributed by atoms with E-state index in [0.717, 1.165) is 32.7 Å². The summed E-state index contributed by atoms with van der Waals surface area (Å²) >= 11 is 5.89. The first-order chi connectivity index (χ1) is 8.19. The van der Waals surface area contributed by atoms with E-state index in [9.17, 15) is 0 Å². The maximum absolute atomic E-state index is 5.89. The van der Waals surface area contributed by atoms with Crippen molar-refractivity contribution in [2.24, 2.45) is 0 Å². The van der Waals surface area contributed by atoms with Gasteiger partial charge in [0.15, 0.2) is 0 Å². The lowest BCUT2D eigenvalue weighted by Gasteiger charge is -2.32. The van der Waals surface area contributed by atoms with Gasteiger partial charge in [-0.1, -0.05) is 0 Å². The molecule has 0 radical (unpaired) electrons. The molecule has 1 N–H and O–H groups in total. The largest absolute Gasteiger partial charge is 0.354 e. The van der Waals surface area contributed by atoms with Gasteiger partial charge in [-0.3, -0.25) is 0 Å². The number of aromatic nitrogens is 3. The summed E-state index contributed by atoms with van der Waals surface area (Å²) in [6.07, 6.45) is 0. The Morgan fingerprint density at radius 2 is 1.88 bits per heavy atom. The van der Waals surface area contributed by atoms with Gasteiger partial charge in [0.1, 0.15) is 0 Å². The van der Waals surface area contributed by atoms with Gasteiger partial charge in [0.2, 0.25) is 17.2 Å². The highest BCUT2D eigenvalue weighted by Crippen LogP contribution is 2.15. The van der Waals surface area contributed by atoms with Crippen molar-refractivity contribution in [2.75, 3.05) is 50.0 Å². The fraction of sp³-hybridized carbons (Fsp3) is 0.700. The van der Waals surface area contributed by atoms with Crippen LogP contribution in [-0.2, 0) is 0 Å². The molecule has 1 aromatic rings. The number of anilines is 2. The minimum absolute atomic E-state index is 0.241. The molecule has 17 heavy (non-hydrogen) atoms. The van der Waals surface area contributed by atoms with Gasteiger partial charge >= 0.3 is 0 Å². The van der Waals surface area contributed by atoms with Crippen LogP contribution in [0.2, 0.25) is 5.28 Å². The van der Waals surface area contributed by atoms with Crippen molar-refractivity contribution in [1.82, 2.24) is 19.9 Å². The lowest BCUT2D eigenvalue weighted by Crippen LogP contribution is -2.45. The third-order valence-corrected chi connectivity index (χ3v) is 2.89. The minimum Gasteiger partial charge on any atom is -0.354 e. The zero-order valence-electron chi connectivity index (χ0n) is 10.1. The van der Waals surface area contributed by atoms with Gasteiger partial charge in [-0.15, -0.1) is 0 Å². The smallest absolute Gasteiger partial charge is 0.231 e. The van der Waals surface area contributed by atoms with E-state index in [0.29, 0.717) is 11.9 Å². The molecule has 0 amide bonds. The molecule has 6 nitrogen and oxygen atoms in total. The maximum atomic E-state index is 5.89. The molecule has 1 fully saturated rings. The molecule has 0 saturated carbocycles. The molecule has 0 unspecified atom stereocenters. The molecule has 1 aromatic heterocycles. The van der Waals surface area contributed by atoms with Crippen molar-refractivity contribution >= 4 is 23.5 Å². The van der Waals surface area contributed by atoms with Gasteiger partial charge in [-0.2, -0.15) is 15.0 Å². The normalized spacial score (nSPS) is 17.2. The summed E-state index contributed by atoms with van der Waals surface area (Å²) in [5.74, 6) is 1.20. The van der Waals surface area contributed by atoms with Crippen LogP contribution in [0.3, 0.4) is 0 Å². The van der Waals surface area contributed by atoms with Gasteiger partial charge in [0.05, 0.1) is 0 Å². The summed E-state index contributed by atoms with van der Waals surface area (Å²) in [5.41, 5.74) is 0. The number of hydrogen-bond donors (Lipinski definition) is 1. The lowest BCUT2D eigenvalue weighted by molar-refractivity contribution is 0.311. The summed E-state index contributed by atoms with van der Waals surface area (Å²) in [4.78, 5) is 17.0. The number of hydrogen-bond acceptors (Lipinski definition) is 6. The number of nitrogens with one attached hydrogen (secondary N) is 1. The third kappa shape index (κ3) is 3.17. The summed E-state index contributed by atoms with van der Waals surface area (Å²) in [5, 5.41) is 3.29. The molecule has 94 valence electrons. The van der Waals surface area contributed by atoms with Crippen LogP contribution in [0.25, 0.3) is 0 Å². The number of piperazine rings is 1. The Labute approximate surface area is 106 Å². The Kier molecular flexibility index (Phi) is 3.96. The minimum atomic E-state index is 0.241. The molecule has 1 aliphatic rings. The molecule has 0 aliphatic carbocycles. The Balaban J connectivity index is 2.14. The van der Waals surface area contributed by atoms with Crippen LogP contribution < -0.4 is 10.2 Å². The third-order valence-electron chi connectivity index (χ3n) is 2.72. The second-order valence-corrected chi connectivity index (χ2v) is 4.39. The first-order valence-corrected chi connectivity index (χ1v) is 6.15. The number of halogens is 1. The highest BCUT2D eigenvalue weighted by atomic mass is 35.5. The molecule has 1 saturated heterocycles. The van der Waals surface area contributed by atoms with Crippen LogP contribution in [0.5, 0.6) is 0 Å². The number of nitrogens with zero attached hydrogens (tertiary/aromatic N) is 5. The van der Waals surface area contributed by atoms with Gasteiger partial charge in [0, 0.05) is 32.7 Å². The fourth-order valence-corrected chi connectivity index (χ4v) is 1.88. The first kappa shape index (κ1) is 12.3.